The summed E-state index contributed by atoms with van der Waals surface area (Å²) in [7, 11) is -3.24. The minimum absolute atomic E-state index is 0.267. The molecule has 0 atom stereocenters. The molecule has 2 aromatic rings. The number of hydrogen-bond donors (Lipinski definition) is 0. The van der Waals surface area contributed by atoms with Crippen LogP contribution in [-0.4, -0.2) is 27.6 Å². The molecule has 0 bridgehead atoms. The normalized spacial score (nSPS) is 12.7. The maximum atomic E-state index is 12.9. The van der Waals surface area contributed by atoms with E-state index in [-0.39, 0.29) is 11.8 Å². The van der Waals surface area contributed by atoms with Gasteiger partial charge in [0.25, 0.3) is 0 Å². The molecule has 0 N–H and O–H groups in total. The van der Waals surface area contributed by atoms with Crippen LogP contribution in [0.2, 0.25) is 0 Å². The van der Waals surface area contributed by atoms with Crippen LogP contribution < -0.4 is 4.74 Å². The molecule has 2 rings (SSSR count). The van der Waals surface area contributed by atoms with Gasteiger partial charge < -0.3 is 4.74 Å². The molecule has 152 valence electrons. The van der Waals surface area contributed by atoms with Crippen molar-refractivity contribution in [2.24, 2.45) is 0 Å². The largest absolute Gasteiger partial charge is 0.496 e. The van der Waals surface area contributed by atoms with Gasteiger partial charge in [0.1, 0.15) is 5.75 Å². The molecule has 0 saturated carbocycles. The van der Waals surface area contributed by atoms with Gasteiger partial charge in [-0.3, -0.25) is 4.79 Å². The predicted octanol–water partition coefficient (Wildman–Crippen LogP) is 4.37. The number of hydrogen-bond acceptors (Lipinski definition) is 4. The van der Waals surface area contributed by atoms with E-state index in [1.165, 1.54) is 0 Å². The van der Waals surface area contributed by atoms with Crippen LogP contribution in [0, 0.1) is 0 Å². The van der Waals surface area contributed by atoms with Crippen molar-refractivity contribution in [3.63, 3.8) is 0 Å². The molecule has 0 amide bonds. The number of halogens is 6. The number of alkyl halides is 6. The third kappa shape index (κ3) is 4.46. The molecule has 0 aliphatic heterocycles. The summed E-state index contributed by atoms with van der Waals surface area (Å²) < 4.78 is 106. The van der Waals surface area contributed by atoms with Gasteiger partial charge in [0, 0.05) is 11.8 Å². The molecule has 0 saturated heterocycles. The number of ketones is 1. The van der Waals surface area contributed by atoms with Gasteiger partial charge in [-0.25, -0.2) is 8.42 Å². The van der Waals surface area contributed by atoms with Gasteiger partial charge >= 0.3 is 12.4 Å². The first-order valence-electron chi connectivity index (χ1n) is 7.37. The quantitative estimate of drug-likeness (QED) is 0.538. The highest BCUT2D eigenvalue weighted by atomic mass is 32.2. The van der Waals surface area contributed by atoms with Crippen LogP contribution in [-0.2, 0) is 22.2 Å². The molecule has 0 heterocycles. The van der Waals surface area contributed by atoms with Crippen LogP contribution in [0.1, 0.15) is 27.0 Å². The highest BCUT2D eigenvalue weighted by Gasteiger charge is 2.35. The molecule has 0 radical (unpaired) electrons. The van der Waals surface area contributed by atoms with E-state index in [0.717, 1.165) is 13.2 Å². The number of rotatable bonds is 4. The highest BCUT2D eigenvalue weighted by molar-refractivity contribution is 7.90. The molecule has 0 aromatic heterocycles. The number of sulfone groups is 1. The van der Waals surface area contributed by atoms with Crippen LogP contribution in [0.25, 0.3) is 0 Å². The standard InChI is InChI=1S/C17H12F6O4S/c1-27-13-6-4-9(16(18,19)20)7-12(13)15(24)11-5-3-10(17(21,22)23)8-14(11)28(2,25)26/h3-8H,1-2H3. The SMILES string of the molecule is COc1ccc(C(F)(F)F)cc1C(=O)c1ccc(C(F)(F)F)cc1S(C)(=O)=O. The van der Waals surface area contributed by atoms with E-state index >= 15 is 0 Å². The first-order chi connectivity index (χ1) is 12.7. The van der Waals surface area contributed by atoms with Gasteiger partial charge in [0.2, 0.25) is 0 Å². The van der Waals surface area contributed by atoms with Crippen molar-refractivity contribution in [3.05, 3.63) is 58.7 Å². The zero-order chi connectivity index (χ0) is 21.5. The topological polar surface area (TPSA) is 60.4 Å². The molecule has 0 spiro atoms. The van der Waals surface area contributed by atoms with E-state index in [1.807, 2.05) is 0 Å². The average molecular weight is 426 g/mol. The molecular weight excluding hydrogens is 414 g/mol. The van der Waals surface area contributed by atoms with E-state index in [9.17, 15) is 39.6 Å². The summed E-state index contributed by atoms with van der Waals surface area (Å²) in [5.41, 5.74) is -3.86. The second-order valence-corrected chi connectivity index (χ2v) is 7.71. The summed E-state index contributed by atoms with van der Waals surface area (Å²) in [5, 5.41) is 0. The molecule has 0 fully saturated rings. The Morgan fingerprint density at radius 1 is 0.857 bits per heavy atom. The lowest BCUT2D eigenvalue weighted by Crippen LogP contribution is -2.15. The van der Waals surface area contributed by atoms with Crippen LogP contribution in [0.4, 0.5) is 26.3 Å². The first kappa shape index (κ1) is 21.7. The van der Waals surface area contributed by atoms with Gasteiger partial charge in [0.05, 0.1) is 28.7 Å². The number of carbonyl (C=O) groups is 1. The monoisotopic (exact) mass is 426 g/mol. The molecule has 4 nitrogen and oxygen atoms in total. The maximum Gasteiger partial charge on any atom is 0.416 e. The van der Waals surface area contributed by atoms with Crippen molar-refractivity contribution in [1.82, 2.24) is 0 Å². The van der Waals surface area contributed by atoms with E-state index in [1.54, 1.807) is 0 Å². The van der Waals surface area contributed by atoms with E-state index < -0.39 is 55.1 Å². The summed E-state index contributed by atoms with van der Waals surface area (Å²) in [6, 6.07) is 3.32. The molecule has 0 unspecified atom stereocenters. The first-order valence-corrected chi connectivity index (χ1v) is 9.26. The van der Waals surface area contributed by atoms with Crippen LogP contribution in [0.5, 0.6) is 5.75 Å². The molecule has 0 aliphatic rings. The van der Waals surface area contributed by atoms with Crippen molar-refractivity contribution < 1.29 is 44.3 Å². The zero-order valence-corrected chi connectivity index (χ0v) is 15.1. The molecule has 11 heteroatoms. The lowest BCUT2D eigenvalue weighted by Gasteiger charge is -2.15. The Kier molecular flexibility index (Phi) is 5.52. The van der Waals surface area contributed by atoms with E-state index in [4.69, 9.17) is 4.74 Å². The summed E-state index contributed by atoms with van der Waals surface area (Å²) in [6.45, 7) is 0. The highest BCUT2D eigenvalue weighted by Crippen LogP contribution is 2.36. The van der Waals surface area contributed by atoms with Crippen molar-refractivity contribution in [2.45, 2.75) is 17.2 Å². The number of benzene rings is 2. The van der Waals surface area contributed by atoms with E-state index in [2.05, 4.69) is 0 Å². The maximum absolute atomic E-state index is 12.9. The van der Waals surface area contributed by atoms with Crippen molar-refractivity contribution in [2.75, 3.05) is 13.4 Å². The van der Waals surface area contributed by atoms with E-state index in [0.29, 0.717) is 30.5 Å². The minimum Gasteiger partial charge on any atom is -0.496 e. The lowest BCUT2D eigenvalue weighted by molar-refractivity contribution is -0.138. The second-order valence-electron chi connectivity index (χ2n) is 5.72. The Morgan fingerprint density at radius 2 is 1.36 bits per heavy atom. The smallest absolute Gasteiger partial charge is 0.416 e. The molecule has 28 heavy (non-hydrogen) atoms. The molecular formula is C17H12F6O4S. The summed E-state index contributed by atoms with van der Waals surface area (Å²) in [4.78, 5) is 11.8. The fourth-order valence-electron chi connectivity index (χ4n) is 2.40. The van der Waals surface area contributed by atoms with Gasteiger partial charge in [-0.2, -0.15) is 26.3 Å². The van der Waals surface area contributed by atoms with Crippen molar-refractivity contribution in [3.8, 4) is 5.75 Å². The predicted molar refractivity (Wildman–Crippen MR) is 86.0 cm³/mol. The Morgan fingerprint density at radius 3 is 1.82 bits per heavy atom. The van der Waals surface area contributed by atoms with Gasteiger partial charge in [0.15, 0.2) is 15.6 Å². The molecule has 0 aliphatic carbocycles. The second kappa shape index (κ2) is 7.12. The van der Waals surface area contributed by atoms with Crippen LogP contribution in [0.15, 0.2) is 41.3 Å². The van der Waals surface area contributed by atoms with Crippen molar-refractivity contribution in [1.29, 1.82) is 0 Å². The summed E-state index contributed by atoms with van der Waals surface area (Å²) in [5.74, 6) is -1.52. The number of ether oxygens (including phenoxy) is 1. The van der Waals surface area contributed by atoms with Gasteiger partial charge in [-0.15, -0.1) is 0 Å². The number of methoxy groups -OCH3 is 1. The fraction of sp³-hybridized carbons (Fsp3) is 0.235. The third-order valence-electron chi connectivity index (χ3n) is 3.72. The fourth-order valence-corrected chi connectivity index (χ4v) is 3.30. The van der Waals surface area contributed by atoms with Crippen molar-refractivity contribution >= 4 is 15.6 Å². The lowest BCUT2D eigenvalue weighted by atomic mass is 9.99. The Balaban J connectivity index is 2.74. The Labute approximate surface area is 155 Å². The Bertz CT molecular complexity index is 1020. The summed E-state index contributed by atoms with van der Waals surface area (Å²) >= 11 is 0. The number of carbonyl (C=O) groups excluding carboxylic acids is 1. The molecule has 2 aromatic carbocycles. The Hall–Kier alpha value is -2.56. The van der Waals surface area contributed by atoms with Crippen LogP contribution >= 0.6 is 0 Å². The van der Waals surface area contributed by atoms with Gasteiger partial charge in [-0.05, 0) is 36.4 Å². The van der Waals surface area contributed by atoms with Crippen LogP contribution in [0.3, 0.4) is 0 Å². The average Bonchev–Trinajstić information content (AvgIpc) is 2.57. The van der Waals surface area contributed by atoms with Gasteiger partial charge in [-0.1, -0.05) is 0 Å². The summed E-state index contributed by atoms with van der Waals surface area (Å²) in [6.07, 6.45) is -9.10. The third-order valence-corrected chi connectivity index (χ3v) is 4.86. The minimum atomic E-state index is -4.88. The zero-order valence-electron chi connectivity index (χ0n) is 14.3.